The van der Waals surface area contributed by atoms with Gasteiger partial charge in [-0.15, -0.1) is 0 Å². The predicted octanol–water partition coefficient (Wildman–Crippen LogP) is 8.42. The lowest BCUT2D eigenvalue weighted by Crippen LogP contribution is -2.29. The quantitative estimate of drug-likeness (QED) is 0.212. The smallest absolute Gasteiger partial charge is 0.197 e. The van der Waals surface area contributed by atoms with Crippen LogP contribution in [0.2, 0.25) is 0 Å². The summed E-state index contributed by atoms with van der Waals surface area (Å²) in [5.74, 6) is 1.37. The van der Waals surface area contributed by atoms with Gasteiger partial charge in [-0.1, -0.05) is 146 Å². The zero-order chi connectivity index (χ0) is 28.3. The van der Waals surface area contributed by atoms with Gasteiger partial charge in [0.2, 0.25) is 0 Å². The molecule has 4 nitrogen and oxygen atoms in total. The van der Waals surface area contributed by atoms with Gasteiger partial charge in [-0.2, -0.15) is 0 Å². The van der Waals surface area contributed by atoms with E-state index in [0.717, 1.165) is 51.8 Å². The van der Waals surface area contributed by atoms with Crippen LogP contribution in [0.15, 0.2) is 172 Å². The summed E-state index contributed by atoms with van der Waals surface area (Å²) in [6.45, 7) is 2.20. The Bertz CT molecular complexity index is 1780. The standard InChI is InChI=1S/C38H30N4/c1-2-27-17-15-16-26-32(27)42-36(31-24-13-6-14-25-31)35(30-22-11-5-12-23-30)41-38(42)37-39-33(28-18-7-3-8-19-28)34(40-37)29-20-9-4-10-21-29/h3-26,36H,2H2,1H3. The molecule has 5 aromatic rings. The van der Waals surface area contributed by atoms with E-state index in [1.807, 2.05) is 42.5 Å². The summed E-state index contributed by atoms with van der Waals surface area (Å²) in [6, 6.07) is 50.1. The molecule has 5 aromatic carbocycles. The molecule has 2 aliphatic rings. The Hall–Kier alpha value is -5.35. The summed E-state index contributed by atoms with van der Waals surface area (Å²) in [5.41, 5.74) is 9.36. The van der Waals surface area contributed by atoms with Crippen LogP contribution in [-0.4, -0.2) is 17.1 Å². The highest BCUT2D eigenvalue weighted by atomic mass is 15.3. The molecule has 0 fully saturated rings. The van der Waals surface area contributed by atoms with Gasteiger partial charge < -0.3 is 4.90 Å². The Morgan fingerprint density at radius 2 is 1.00 bits per heavy atom. The highest BCUT2D eigenvalue weighted by Gasteiger charge is 2.39. The zero-order valence-corrected chi connectivity index (χ0v) is 23.4. The average Bonchev–Trinajstić information content (AvgIpc) is 3.69. The molecular formula is C38H30N4. The van der Waals surface area contributed by atoms with E-state index >= 15 is 0 Å². The molecule has 0 saturated carbocycles. The Labute approximate surface area is 246 Å². The molecule has 2 heterocycles. The van der Waals surface area contributed by atoms with Crippen LogP contribution in [0, 0.1) is 0 Å². The number of hydrogen-bond acceptors (Lipinski definition) is 4. The Morgan fingerprint density at radius 3 is 1.55 bits per heavy atom. The Balaban J connectivity index is 1.52. The molecule has 0 spiro atoms. The van der Waals surface area contributed by atoms with E-state index in [1.54, 1.807) is 0 Å². The number of benzene rings is 5. The minimum absolute atomic E-state index is 0.143. The summed E-state index contributed by atoms with van der Waals surface area (Å²) >= 11 is 0. The fourth-order valence-electron chi connectivity index (χ4n) is 5.74. The van der Waals surface area contributed by atoms with Crippen molar-refractivity contribution in [2.75, 3.05) is 4.90 Å². The predicted molar refractivity (Wildman–Crippen MR) is 173 cm³/mol. The van der Waals surface area contributed by atoms with Crippen LogP contribution in [0.3, 0.4) is 0 Å². The highest BCUT2D eigenvalue weighted by Crippen LogP contribution is 2.43. The number of rotatable bonds is 6. The van der Waals surface area contributed by atoms with E-state index in [4.69, 9.17) is 15.0 Å². The fourth-order valence-corrected chi connectivity index (χ4v) is 5.74. The van der Waals surface area contributed by atoms with Crippen LogP contribution in [0.4, 0.5) is 5.69 Å². The zero-order valence-electron chi connectivity index (χ0n) is 23.4. The summed E-state index contributed by atoms with van der Waals surface area (Å²) in [4.78, 5) is 18.2. The topological polar surface area (TPSA) is 40.3 Å². The van der Waals surface area contributed by atoms with Gasteiger partial charge in [0.25, 0.3) is 0 Å². The maximum absolute atomic E-state index is 5.40. The fraction of sp³-hybridized carbons (Fsp3) is 0.0789. The first-order valence-electron chi connectivity index (χ1n) is 14.4. The molecule has 0 aliphatic carbocycles. The minimum atomic E-state index is -0.143. The second kappa shape index (κ2) is 11.3. The van der Waals surface area contributed by atoms with E-state index < -0.39 is 0 Å². The van der Waals surface area contributed by atoms with Crippen molar-refractivity contribution in [3.8, 4) is 0 Å². The third-order valence-electron chi connectivity index (χ3n) is 7.74. The van der Waals surface area contributed by atoms with Crippen molar-refractivity contribution in [2.24, 2.45) is 15.0 Å². The number of aliphatic imine (C=N–C) groups is 3. The number of aryl methyl sites for hydroxylation is 1. The second-order valence-corrected chi connectivity index (χ2v) is 10.3. The van der Waals surface area contributed by atoms with Crippen LogP contribution in [-0.2, 0) is 6.42 Å². The Morgan fingerprint density at radius 1 is 0.524 bits per heavy atom. The van der Waals surface area contributed by atoms with Crippen molar-refractivity contribution in [1.29, 1.82) is 0 Å². The molecule has 4 heteroatoms. The lowest BCUT2D eigenvalue weighted by molar-refractivity contribution is 0.859. The molecule has 0 radical (unpaired) electrons. The van der Waals surface area contributed by atoms with E-state index in [2.05, 4.69) is 115 Å². The van der Waals surface area contributed by atoms with E-state index in [0.29, 0.717) is 5.82 Å². The molecule has 1 atom stereocenters. The van der Waals surface area contributed by atoms with Crippen LogP contribution >= 0.6 is 0 Å². The van der Waals surface area contributed by atoms with Crippen LogP contribution in [0.25, 0.3) is 0 Å². The first-order valence-corrected chi connectivity index (χ1v) is 14.4. The lowest BCUT2D eigenvalue weighted by Gasteiger charge is -2.30. The molecule has 1 unspecified atom stereocenters. The first kappa shape index (κ1) is 25.6. The molecule has 7 rings (SSSR count). The molecule has 0 N–H and O–H groups in total. The molecule has 0 bridgehead atoms. The van der Waals surface area contributed by atoms with Crippen molar-refractivity contribution in [3.05, 3.63) is 185 Å². The molecule has 0 amide bonds. The van der Waals surface area contributed by atoms with Crippen LogP contribution < -0.4 is 4.90 Å². The lowest BCUT2D eigenvalue weighted by atomic mass is 9.95. The van der Waals surface area contributed by atoms with Crippen LogP contribution in [0.5, 0.6) is 0 Å². The average molecular weight is 543 g/mol. The maximum atomic E-state index is 5.40. The summed E-state index contributed by atoms with van der Waals surface area (Å²) in [6.07, 6.45) is 0.897. The van der Waals surface area contributed by atoms with Gasteiger partial charge in [-0.05, 0) is 29.2 Å². The van der Waals surface area contributed by atoms with Gasteiger partial charge in [-0.3, -0.25) is 0 Å². The largest absolute Gasteiger partial charge is 0.310 e. The highest BCUT2D eigenvalue weighted by molar-refractivity contribution is 6.55. The van der Waals surface area contributed by atoms with E-state index in [1.165, 1.54) is 11.1 Å². The summed E-state index contributed by atoms with van der Waals surface area (Å²) in [7, 11) is 0. The molecule has 2 aliphatic heterocycles. The normalized spacial score (nSPS) is 16.4. The third kappa shape index (κ3) is 4.67. The van der Waals surface area contributed by atoms with Gasteiger partial charge in [0.1, 0.15) is 6.04 Å². The Kier molecular flexibility index (Phi) is 6.87. The van der Waals surface area contributed by atoms with Gasteiger partial charge in [0, 0.05) is 16.8 Å². The molecule has 0 saturated heterocycles. The third-order valence-corrected chi connectivity index (χ3v) is 7.74. The first-order chi connectivity index (χ1) is 20.8. The summed E-state index contributed by atoms with van der Waals surface area (Å²) in [5, 5.41) is 0. The van der Waals surface area contributed by atoms with E-state index in [9.17, 15) is 0 Å². The van der Waals surface area contributed by atoms with Gasteiger partial charge in [0.05, 0.1) is 17.1 Å². The van der Waals surface area contributed by atoms with Crippen molar-refractivity contribution < 1.29 is 0 Å². The number of nitrogens with zero attached hydrogens (tertiary/aromatic N) is 4. The van der Waals surface area contributed by atoms with Crippen molar-refractivity contribution >= 4 is 22.8 Å². The van der Waals surface area contributed by atoms with Crippen LogP contribution in [0.1, 0.15) is 40.8 Å². The minimum Gasteiger partial charge on any atom is -0.310 e. The number of para-hydroxylation sites is 1. The second-order valence-electron chi connectivity index (χ2n) is 10.3. The number of hydrogen-bond donors (Lipinski definition) is 0. The molecule has 42 heavy (non-hydrogen) atoms. The van der Waals surface area contributed by atoms with Gasteiger partial charge in [-0.25, -0.2) is 15.0 Å². The summed E-state index contributed by atoms with van der Waals surface area (Å²) < 4.78 is 0. The van der Waals surface area contributed by atoms with E-state index in [-0.39, 0.29) is 6.04 Å². The SMILES string of the molecule is CCc1ccccc1N1C(=C2N=C(c3ccccc3)C(c3ccccc3)=N2)N=C(c2ccccc2)C1c1ccccc1. The monoisotopic (exact) mass is 542 g/mol. The molecule has 202 valence electrons. The van der Waals surface area contributed by atoms with Gasteiger partial charge in [0.15, 0.2) is 11.6 Å². The molecule has 0 aromatic heterocycles. The van der Waals surface area contributed by atoms with Crippen molar-refractivity contribution in [2.45, 2.75) is 19.4 Å². The van der Waals surface area contributed by atoms with Crippen molar-refractivity contribution in [1.82, 2.24) is 0 Å². The van der Waals surface area contributed by atoms with Gasteiger partial charge >= 0.3 is 0 Å². The molecular weight excluding hydrogens is 512 g/mol. The maximum Gasteiger partial charge on any atom is 0.197 e. The number of anilines is 1. The van der Waals surface area contributed by atoms with Crippen molar-refractivity contribution in [3.63, 3.8) is 0 Å².